The van der Waals surface area contributed by atoms with Crippen LogP contribution in [0.15, 0.2) is 16.5 Å². The summed E-state index contributed by atoms with van der Waals surface area (Å²) in [6.45, 7) is 10.1. The van der Waals surface area contributed by atoms with Gasteiger partial charge in [0.2, 0.25) is 0 Å². The Bertz CT molecular complexity index is 383. The lowest BCUT2D eigenvalue weighted by molar-refractivity contribution is -0.402. The molecule has 0 spiro atoms. The van der Waals surface area contributed by atoms with Crippen LogP contribution in [0.5, 0.6) is 0 Å². The average Bonchev–Trinajstić information content (AvgIpc) is 2.66. The number of nitrogens with zero attached hydrogens (tertiary/aromatic N) is 1. The minimum Gasteiger partial charge on any atom is -0.404 e. The van der Waals surface area contributed by atoms with Crippen molar-refractivity contribution in [1.82, 2.24) is 5.32 Å². The van der Waals surface area contributed by atoms with E-state index in [9.17, 15) is 10.1 Å². The molecule has 1 N–H and O–H groups in total. The van der Waals surface area contributed by atoms with Crippen molar-refractivity contribution in [1.29, 1.82) is 0 Å². The van der Waals surface area contributed by atoms with E-state index in [4.69, 9.17) is 4.42 Å². The Morgan fingerprint density at radius 2 is 2.12 bits per heavy atom. The van der Waals surface area contributed by atoms with Gasteiger partial charge in [-0.3, -0.25) is 10.1 Å². The van der Waals surface area contributed by atoms with Gasteiger partial charge in [0, 0.05) is 6.54 Å². The zero-order chi connectivity index (χ0) is 13.1. The van der Waals surface area contributed by atoms with Crippen molar-refractivity contribution in [2.24, 2.45) is 11.3 Å². The fourth-order valence-electron chi connectivity index (χ4n) is 1.27. The Kier molecular flexibility index (Phi) is 4.28. The van der Waals surface area contributed by atoms with Gasteiger partial charge in [-0.1, -0.05) is 27.7 Å². The second-order valence-electron chi connectivity index (χ2n) is 5.24. The molecule has 0 radical (unpaired) electrons. The lowest BCUT2D eigenvalue weighted by Gasteiger charge is -2.29. The van der Waals surface area contributed by atoms with Gasteiger partial charge in [0.1, 0.15) is 10.7 Å². The highest BCUT2D eigenvalue weighted by Gasteiger charge is 2.21. The molecule has 96 valence electrons. The van der Waals surface area contributed by atoms with Crippen LogP contribution in [0.4, 0.5) is 5.88 Å². The van der Waals surface area contributed by atoms with Gasteiger partial charge in [-0.05, 0) is 17.4 Å². The molecule has 0 aromatic carbocycles. The van der Waals surface area contributed by atoms with Crippen LogP contribution in [-0.2, 0) is 6.54 Å². The van der Waals surface area contributed by atoms with Crippen LogP contribution < -0.4 is 5.32 Å². The molecule has 17 heavy (non-hydrogen) atoms. The molecule has 0 fully saturated rings. The van der Waals surface area contributed by atoms with Crippen molar-refractivity contribution >= 4 is 5.88 Å². The maximum Gasteiger partial charge on any atom is 0.433 e. The summed E-state index contributed by atoms with van der Waals surface area (Å²) >= 11 is 0. The topological polar surface area (TPSA) is 68.3 Å². The van der Waals surface area contributed by atoms with Crippen molar-refractivity contribution in [2.45, 2.75) is 34.2 Å². The first kappa shape index (κ1) is 13.7. The highest BCUT2D eigenvalue weighted by molar-refractivity contribution is 5.17. The summed E-state index contributed by atoms with van der Waals surface area (Å²) in [6.07, 6.45) is 0. The van der Waals surface area contributed by atoms with Crippen molar-refractivity contribution in [3.8, 4) is 0 Å². The van der Waals surface area contributed by atoms with Crippen LogP contribution >= 0.6 is 0 Å². The molecule has 1 rings (SSSR count). The predicted molar refractivity (Wildman–Crippen MR) is 65.7 cm³/mol. The third-order valence-electron chi connectivity index (χ3n) is 3.27. The molecule has 0 bridgehead atoms. The third kappa shape index (κ3) is 3.85. The highest BCUT2D eigenvalue weighted by Crippen LogP contribution is 2.25. The van der Waals surface area contributed by atoms with E-state index in [1.54, 1.807) is 6.07 Å². The summed E-state index contributed by atoms with van der Waals surface area (Å²) in [6, 6.07) is 3.01. The van der Waals surface area contributed by atoms with Gasteiger partial charge in [-0.2, -0.15) is 0 Å². The van der Waals surface area contributed by atoms with Gasteiger partial charge < -0.3 is 9.73 Å². The number of nitrogens with one attached hydrogen (secondary N) is 1. The third-order valence-corrected chi connectivity index (χ3v) is 3.27. The Hall–Kier alpha value is -1.36. The molecule has 0 unspecified atom stereocenters. The zero-order valence-corrected chi connectivity index (χ0v) is 10.8. The van der Waals surface area contributed by atoms with Crippen LogP contribution in [0.3, 0.4) is 0 Å². The Balaban J connectivity index is 2.43. The summed E-state index contributed by atoms with van der Waals surface area (Å²) in [4.78, 5) is 9.90. The van der Waals surface area contributed by atoms with E-state index in [2.05, 4.69) is 33.0 Å². The highest BCUT2D eigenvalue weighted by atomic mass is 16.6. The summed E-state index contributed by atoms with van der Waals surface area (Å²) in [5.74, 6) is 0.960. The molecule has 5 heteroatoms. The van der Waals surface area contributed by atoms with Crippen LogP contribution in [0.2, 0.25) is 0 Å². The molecule has 0 saturated carbocycles. The molecule has 0 aliphatic rings. The molecule has 5 nitrogen and oxygen atoms in total. The second kappa shape index (κ2) is 5.31. The summed E-state index contributed by atoms with van der Waals surface area (Å²) < 4.78 is 5.06. The summed E-state index contributed by atoms with van der Waals surface area (Å²) in [5, 5.41) is 13.7. The quantitative estimate of drug-likeness (QED) is 0.613. The largest absolute Gasteiger partial charge is 0.433 e. The predicted octanol–water partition coefficient (Wildman–Crippen LogP) is 2.96. The Morgan fingerprint density at radius 3 is 2.59 bits per heavy atom. The van der Waals surface area contributed by atoms with Crippen molar-refractivity contribution in [3.05, 3.63) is 28.0 Å². The first-order chi connectivity index (χ1) is 7.83. The van der Waals surface area contributed by atoms with E-state index in [-0.39, 0.29) is 11.3 Å². The monoisotopic (exact) mass is 240 g/mol. The Morgan fingerprint density at radius 1 is 1.47 bits per heavy atom. The molecule has 0 aliphatic heterocycles. The molecule has 1 heterocycles. The maximum atomic E-state index is 10.4. The fraction of sp³-hybridized carbons (Fsp3) is 0.667. The number of nitro groups is 1. The first-order valence-electron chi connectivity index (χ1n) is 5.77. The van der Waals surface area contributed by atoms with Crippen molar-refractivity contribution in [2.75, 3.05) is 6.54 Å². The van der Waals surface area contributed by atoms with Gasteiger partial charge in [-0.15, -0.1) is 0 Å². The van der Waals surface area contributed by atoms with E-state index < -0.39 is 4.92 Å². The summed E-state index contributed by atoms with van der Waals surface area (Å²) in [5.41, 5.74) is 0.193. The van der Waals surface area contributed by atoms with Gasteiger partial charge in [0.25, 0.3) is 0 Å². The van der Waals surface area contributed by atoms with Crippen LogP contribution in [0, 0.1) is 21.4 Å². The van der Waals surface area contributed by atoms with Crippen LogP contribution in [0.25, 0.3) is 0 Å². The molecule has 0 aliphatic carbocycles. The number of hydrogen-bond donors (Lipinski definition) is 1. The molecule has 0 amide bonds. The van der Waals surface area contributed by atoms with E-state index >= 15 is 0 Å². The SMILES string of the molecule is CC(C)C(C)(C)CNCc1ccc([N+](=O)[O-])o1. The van der Waals surface area contributed by atoms with Crippen molar-refractivity contribution in [3.63, 3.8) is 0 Å². The lowest BCUT2D eigenvalue weighted by atomic mass is 9.81. The van der Waals surface area contributed by atoms with Crippen molar-refractivity contribution < 1.29 is 9.34 Å². The van der Waals surface area contributed by atoms with Gasteiger partial charge >= 0.3 is 5.88 Å². The first-order valence-corrected chi connectivity index (χ1v) is 5.77. The average molecular weight is 240 g/mol. The van der Waals surface area contributed by atoms with Crippen LogP contribution in [-0.4, -0.2) is 11.5 Å². The molecular formula is C12H20N2O3. The number of hydrogen-bond acceptors (Lipinski definition) is 4. The van der Waals surface area contributed by atoms with Gasteiger partial charge in [0.15, 0.2) is 0 Å². The summed E-state index contributed by atoms with van der Waals surface area (Å²) in [7, 11) is 0. The number of rotatable bonds is 6. The standard InChI is InChI=1S/C12H20N2O3/c1-9(2)12(3,4)8-13-7-10-5-6-11(17-10)14(15)16/h5-6,9,13H,7-8H2,1-4H3. The van der Waals surface area contributed by atoms with Gasteiger partial charge in [0.05, 0.1) is 12.6 Å². The minimum atomic E-state index is -0.526. The van der Waals surface area contributed by atoms with E-state index in [1.165, 1.54) is 6.07 Å². The smallest absolute Gasteiger partial charge is 0.404 e. The zero-order valence-electron chi connectivity index (χ0n) is 10.8. The second-order valence-corrected chi connectivity index (χ2v) is 5.24. The minimum absolute atomic E-state index is 0.193. The molecule has 0 atom stereocenters. The molecule has 1 aromatic rings. The van der Waals surface area contributed by atoms with Gasteiger partial charge in [-0.25, -0.2) is 0 Å². The van der Waals surface area contributed by atoms with E-state index in [1.807, 2.05) is 0 Å². The Labute approximate surface area is 101 Å². The molecule has 0 saturated heterocycles. The van der Waals surface area contributed by atoms with E-state index in [0.717, 1.165) is 6.54 Å². The van der Waals surface area contributed by atoms with E-state index in [0.29, 0.717) is 18.2 Å². The lowest BCUT2D eigenvalue weighted by Crippen LogP contribution is -2.33. The number of furan rings is 1. The fourth-order valence-corrected chi connectivity index (χ4v) is 1.27. The normalized spacial score (nSPS) is 12.1. The molecular weight excluding hydrogens is 220 g/mol. The van der Waals surface area contributed by atoms with Crippen LogP contribution in [0.1, 0.15) is 33.5 Å². The maximum absolute atomic E-state index is 10.4. The molecule has 1 aromatic heterocycles.